The van der Waals surface area contributed by atoms with Crippen LogP contribution in [0.4, 0.5) is 5.82 Å². The molecular formula is C16H20N7O+. The van der Waals surface area contributed by atoms with E-state index in [9.17, 15) is 0 Å². The molecule has 2 aromatic rings. The predicted octanol–water partition coefficient (Wildman–Crippen LogP) is 0.525. The molecule has 0 radical (unpaired) electrons. The van der Waals surface area contributed by atoms with E-state index >= 15 is 0 Å². The molecule has 4 aliphatic rings. The molecule has 0 aromatic carbocycles. The van der Waals surface area contributed by atoms with Crippen molar-refractivity contribution in [3.63, 3.8) is 0 Å². The second-order valence-corrected chi connectivity index (χ2v) is 6.79. The smallest absolute Gasteiger partial charge is 0.353 e. The van der Waals surface area contributed by atoms with Gasteiger partial charge in [0.2, 0.25) is 6.54 Å². The lowest BCUT2D eigenvalue weighted by atomic mass is 9.75. The van der Waals surface area contributed by atoms with Crippen LogP contribution in [-0.4, -0.2) is 67.5 Å². The topological polar surface area (TPSA) is 71.1 Å². The summed E-state index contributed by atoms with van der Waals surface area (Å²) in [6.45, 7) is 4.29. The highest BCUT2D eigenvalue weighted by atomic mass is 16.5. The van der Waals surface area contributed by atoms with Crippen molar-refractivity contribution < 1.29 is 9.42 Å². The summed E-state index contributed by atoms with van der Waals surface area (Å²) in [5.74, 6) is 2.11. The fourth-order valence-corrected chi connectivity index (χ4v) is 4.12. The first-order chi connectivity index (χ1) is 11.8. The van der Waals surface area contributed by atoms with Crippen molar-refractivity contribution in [1.82, 2.24) is 24.6 Å². The van der Waals surface area contributed by atoms with E-state index in [1.807, 2.05) is 23.0 Å². The summed E-state index contributed by atoms with van der Waals surface area (Å²) in [7, 11) is 0. The Bertz CT molecular complexity index is 766. The second-order valence-electron chi connectivity index (χ2n) is 6.79. The minimum absolute atomic E-state index is 0.0681. The highest BCUT2D eigenvalue weighted by molar-refractivity contribution is 5.46. The highest BCUT2D eigenvalue weighted by Crippen LogP contribution is 2.39. The lowest BCUT2D eigenvalue weighted by Crippen LogP contribution is -2.61. The van der Waals surface area contributed by atoms with E-state index < -0.39 is 0 Å². The Labute approximate surface area is 139 Å². The Morgan fingerprint density at radius 3 is 2.96 bits per heavy atom. The number of fused-ring (bicyclic) bond motifs is 2. The number of nitrogens with one attached hydrogen (secondary N) is 1. The number of anilines is 1. The van der Waals surface area contributed by atoms with Crippen LogP contribution in [0.1, 0.15) is 12.8 Å². The molecule has 1 atom stereocenters. The molecule has 0 amide bonds. The molecule has 8 heteroatoms. The van der Waals surface area contributed by atoms with E-state index in [-0.39, 0.29) is 5.60 Å². The lowest BCUT2D eigenvalue weighted by molar-refractivity contribution is -0.493. The van der Waals surface area contributed by atoms with Gasteiger partial charge in [-0.15, -0.1) is 5.43 Å². The van der Waals surface area contributed by atoms with Gasteiger partial charge in [-0.3, -0.25) is 4.90 Å². The molecule has 8 nitrogen and oxygen atoms in total. The zero-order chi connectivity index (χ0) is 16.0. The Morgan fingerprint density at radius 1 is 1.29 bits per heavy atom. The standard InChI is InChI=1S/C16H20N7O/c1-4-19-23(5-1)15-8-14(17-11-18-15)20-22-10-16(24-12-22)9-21-6-2-13(16)3-7-21/h1,4-5,8,11-13H,2-3,6-7,9-10H2,(H,17,18,20)/q+1/t16-/m0/s1. The van der Waals surface area contributed by atoms with E-state index in [1.165, 1.54) is 25.9 Å². The van der Waals surface area contributed by atoms with Crippen molar-refractivity contribution in [2.45, 2.75) is 18.4 Å². The van der Waals surface area contributed by atoms with Gasteiger partial charge in [0.25, 0.3) is 0 Å². The summed E-state index contributed by atoms with van der Waals surface area (Å²) >= 11 is 0. The summed E-state index contributed by atoms with van der Waals surface area (Å²) in [4.78, 5) is 11.1. The zero-order valence-electron chi connectivity index (χ0n) is 13.4. The number of rotatable bonds is 3. The van der Waals surface area contributed by atoms with Crippen molar-refractivity contribution in [2.24, 2.45) is 5.92 Å². The molecule has 4 aliphatic heterocycles. The van der Waals surface area contributed by atoms with Gasteiger partial charge in [-0.2, -0.15) is 5.10 Å². The Kier molecular flexibility index (Phi) is 3.05. The number of nitrogens with zero attached hydrogens (tertiary/aromatic N) is 6. The fourth-order valence-electron chi connectivity index (χ4n) is 4.12. The minimum Gasteiger partial charge on any atom is -0.433 e. The predicted molar refractivity (Wildman–Crippen MR) is 86.9 cm³/mol. The number of hydrogen-bond donors (Lipinski definition) is 1. The molecule has 2 bridgehead atoms. The number of aromatic nitrogens is 4. The first kappa shape index (κ1) is 13.9. The van der Waals surface area contributed by atoms with Gasteiger partial charge in [-0.1, -0.05) is 4.68 Å². The molecule has 6 rings (SSSR count). The molecule has 1 N–H and O–H groups in total. The average Bonchev–Trinajstić information content (AvgIpc) is 3.27. The molecule has 3 fully saturated rings. The molecule has 0 aliphatic carbocycles. The van der Waals surface area contributed by atoms with Gasteiger partial charge in [0.1, 0.15) is 6.33 Å². The van der Waals surface area contributed by atoms with E-state index in [2.05, 4.69) is 25.4 Å². The third kappa shape index (κ3) is 2.25. The van der Waals surface area contributed by atoms with Crippen molar-refractivity contribution in [3.05, 3.63) is 30.9 Å². The average molecular weight is 326 g/mol. The number of hydrazine groups is 1. The van der Waals surface area contributed by atoms with Crippen LogP contribution in [0, 0.1) is 5.92 Å². The molecule has 0 unspecified atom stereocenters. The maximum Gasteiger partial charge on any atom is 0.353 e. The van der Waals surface area contributed by atoms with Gasteiger partial charge in [0.15, 0.2) is 17.2 Å². The van der Waals surface area contributed by atoms with Crippen LogP contribution in [-0.2, 0) is 4.74 Å². The van der Waals surface area contributed by atoms with Crippen LogP contribution >= 0.6 is 0 Å². The van der Waals surface area contributed by atoms with Gasteiger partial charge in [-0.25, -0.2) is 14.6 Å². The van der Waals surface area contributed by atoms with Gasteiger partial charge in [0, 0.05) is 30.9 Å². The zero-order valence-corrected chi connectivity index (χ0v) is 13.4. The van der Waals surface area contributed by atoms with Crippen LogP contribution in [0.15, 0.2) is 30.9 Å². The third-order valence-corrected chi connectivity index (χ3v) is 5.33. The largest absolute Gasteiger partial charge is 0.433 e. The van der Waals surface area contributed by atoms with Crippen LogP contribution in [0.3, 0.4) is 0 Å². The quantitative estimate of drug-likeness (QED) is 0.830. The monoisotopic (exact) mass is 326 g/mol. The van der Waals surface area contributed by atoms with Gasteiger partial charge < -0.3 is 4.74 Å². The van der Waals surface area contributed by atoms with E-state index in [4.69, 9.17) is 4.74 Å². The maximum atomic E-state index is 6.14. The molecule has 0 saturated carbocycles. The molecule has 124 valence electrons. The molecule has 6 heterocycles. The third-order valence-electron chi connectivity index (χ3n) is 5.33. The maximum absolute atomic E-state index is 6.14. The van der Waals surface area contributed by atoms with E-state index in [0.717, 1.165) is 24.7 Å². The van der Waals surface area contributed by atoms with Gasteiger partial charge in [-0.05, 0) is 32.0 Å². The molecule has 2 aromatic heterocycles. The Hall–Kier alpha value is -2.48. The molecule has 3 saturated heterocycles. The second kappa shape index (κ2) is 5.27. The van der Waals surface area contributed by atoms with E-state index in [0.29, 0.717) is 5.92 Å². The first-order valence-electron chi connectivity index (χ1n) is 8.40. The summed E-state index contributed by atoms with van der Waals surface area (Å²) in [6.07, 6.45) is 9.41. The summed E-state index contributed by atoms with van der Waals surface area (Å²) < 4.78 is 9.85. The molecular weight excluding hydrogens is 306 g/mol. The number of piperidine rings is 3. The number of hydrazone groups is 1. The van der Waals surface area contributed by atoms with Crippen molar-refractivity contribution in [3.8, 4) is 5.82 Å². The van der Waals surface area contributed by atoms with Crippen molar-refractivity contribution >= 4 is 12.2 Å². The molecule has 1 spiro atoms. The van der Waals surface area contributed by atoms with Crippen LogP contribution < -0.4 is 5.43 Å². The SMILES string of the molecule is C1=[N+](Nc2cc(-n3cccn3)ncn2)C[C@]2(CN3CCC2CC3)O1. The number of ether oxygens (including phenoxy) is 1. The van der Waals surface area contributed by atoms with E-state index in [1.54, 1.807) is 23.6 Å². The van der Waals surface area contributed by atoms with Gasteiger partial charge >= 0.3 is 6.40 Å². The Balaban J connectivity index is 1.32. The van der Waals surface area contributed by atoms with Crippen LogP contribution in [0.5, 0.6) is 0 Å². The first-order valence-corrected chi connectivity index (χ1v) is 8.40. The summed E-state index contributed by atoms with van der Waals surface area (Å²) in [5.41, 5.74) is 3.25. The molecule has 24 heavy (non-hydrogen) atoms. The van der Waals surface area contributed by atoms with Crippen LogP contribution in [0.25, 0.3) is 5.82 Å². The van der Waals surface area contributed by atoms with Crippen molar-refractivity contribution in [1.29, 1.82) is 0 Å². The lowest BCUT2D eigenvalue weighted by Gasteiger charge is -2.48. The summed E-state index contributed by atoms with van der Waals surface area (Å²) in [6, 6.07) is 3.75. The fraction of sp³-hybridized carbons (Fsp3) is 0.500. The number of hydrogen-bond acceptors (Lipinski definition) is 6. The summed E-state index contributed by atoms with van der Waals surface area (Å²) in [5, 5.41) is 4.20. The Morgan fingerprint density at radius 2 is 2.21 bits per heavy atom. The minimum atomic E-state index is -0.0681. The van der Waals surface area contributed by atoms with Crippen LogP contribution in [0.2, 0.25) is 0 Å². The highest BCUT2D eigenvalue weighted by Gasteiger charge is 2.55. The van der Waals surface area contributed by atoms with Gasteiger partial charge in [0.05, 0.1) is 0 Å². The van der Waals surface area contributed by atoms with Crippen molar-refractivity contribution in [2.75, 3.05) is 31.6 Å². The normalized spacial score (nSPS) is 31.1.